The molecule has 1 rings (SSSR count). The molecule has 0 aromatic rings. The Morgan fingerprint density at radius 3 is 2.00 bits per heavy atom. The largest absolute Gasteiger partial charge is 0.463 e. The molecular formula is C13H20O4. The monoisotopic (exact) mass is 240 g/mol. The third kappa shape index (κ3) is 3.88. The van der Waals surface area contributed by atoms with Crippen molar-refractivity contribution in [3.05, 3.63) is 11.1 Å². The van der Waals surface area contributed by atoms with Crippen LogP contribution in [-0.2, 0) is 19.1 Å². The molecule has 0 fully saturated rings. The van der Waals surface area contributed by atoms with Gasteiger partial charge in [0.1, 0.15) is 0 Å². The van der Waals surface area contributed by atoms with Gasteiger partial charge in [0, 0.05) is 11.1 Å². The Morgan fingerprint density at radius 1 is 1.00 bits per heavy atom. The van der Waals surface area contributed by atoms with E-state index in [0.29, 0.717) is 37.2 Å². The number of hydrogen-bond donors (Lipinski definition) is 0. The van der Waals surface area contributed by atoms with E-state index in [-0.39, 0.29) is 11.9 Å². The van der Waals surface area contributed by atoms with Gasteiger partial charge in [-0.3, -0.25) is 0 Å². The van der Waals surface area contributed by atoms with E-state index in [1.54, 1.807) is 6.92 Å². The molecule has 0 heterocycles. The minimum atomic E-state index is -0.365. The summed E-state index contributed by atoms with van der Waals surface area (Å²) >= 11 is 0. The van der Waals surface area contributed by atoms with Gasteiger partial charge in [-0.25, -0.2) is 9.59 Å². The lowest BCUT2D eigenvalue weighted by atomic mass is 9.92. The molecule has 1 aliphatic rings. The summed E-state index contributed by atoms with van der Waals surface area (Å²) in [5.74, 6) is -0.717. The minimum Gasteiger partial charge on any atom is -0.463 e. The van der Waals surface area contributed by atoms with Gasteiger partial charge in [-0.2, -0.15) is 0 Å². The zero-order chi connectivity index (χ0) is 12.7. The maximum absolute atomic E-state index is 11.8. The summed E-state index contributed by atoms with van der Waals surface area (Å²) in [5.41, 5.74) is 1.03. The van der Waals surface area contributed by atoms with E-state index in [1.807, 2.05) is 6.92 Å². The number of carbonyl (C=O) groups is 2. The first-order valence-corrected chi connectivity index (χ1v) is 6.27. The van der Waals surface area contributed by atoms with E-state index in [4.69, 9.17) is 9.47 Å². The smallest absolute Gasteiger partial charge is 0.334 e. The first-order chi connectivity index (χ1) is 8.20. The van der Waals surface area contributed by atoms with E-state index in [0.717, 1.165) is 19.3 Å². The van der Waals surface area contributed by atoms with Crippen molar-refractivity contribution in [3.8, 4) is 0 Å². The Kier molecular flexibility index (Phi) is 5.73. The Balaban J connectivity index is 2.80. The zero-order valence-corrected chi connectivity index (χ0v) is 10.6. The zero-order valence-electron chi connectivity index (χ0n) is 10.6. The van der Waals surface area contributed by atoms with E-state index in [9.17, 15) is 9.59 Å². The quantitative estimate of drug-likeness (QED) is 0.692. The first-order valence-electron chi connectivity index (χ1n) is 6.27. The van der Waals surface area contributed by atoms with Gasteiger partial charge in [0.25, 0.3) is 0 Å². The van der Waals surface area contributed by atoms with Crippen LogP contribution in [0.25, 0.3) is 0 Å². The van der Waals surface area contributed by atoms with Crippen molar-refractivity contribution in [2.24, 2.45) is 0 Å². The van der Waals surface area contributed by atoms with Crippen molar-refractivity contribution in [1.82, 2.24) is 0 Å². The highest BCUT2D eigenvalue weighted by Crippen LogP contribution is 2.26. The number of ether oxygens (including phenoxy) is 2. The van der Waals surface area contributed by atoms with Crippen LogP contribution in [0.3, 0.4) is 0 Å². The minimum absolute atomic E-state index is 0.333. The lowest BCUT2D eigenvalue weighted by Crippen LogP contribution is -2.19. The van der Waals surface area contributed by atoms with Crippen LogP contribution in [-0.4, -0.2) is 25.2 Å². The van der Waals surface area contributed by atoms with Gasteiger partial charge in [0.15, 0.2) is 0 Å². The van der Waals surface area contributed by atoms with Gasteiger partial charge in [-0.05, 0) is 39.0 Å². The second kappa shape index (κ2) is 7.09. The van der Waals surface area contributed by atoms with Gasteiger partial charge in [0.2, 0.25) is 0 Å². The second-order valence-electron chi connectivity index (χ2n) is 4.02. The summed E-state index contributed by atoms with van der Waals surface area (Å²) in [7, 11) is 0. The predicted molar refractivity (Wildman–Crippen MR) is 63.4 cm³/mol. The Labute approximate surface area is 102 Å². The van der Waals surface area contributed by atoms with Gasteiger partial charge in [0.05, 0.1) is 13.2 Å². The SMILES string of the molecule is CCCOC(=O)C1=C(C(=O)OCC)CCCC1. The van der Waals surface area contributed by atoms with E-state index < -0.39 is 0 Å². The number of carbonyl (C=O) groups excluding carboxylic acids is 2. The van der Waals surface area contributed by atoms with Crippen LogP contribution in [0.5, 0.6) is 0 Å². The molecule has 96 valence electrons. The van der Waals surface area contributed by atoms with Gasteiger partial charge < -0.3 is 9.47 Å². The normalized spacial score (nSPS) is 15.6. The molecule has 0 aromatic heterocycles. The maximum atomic E-state index is 11.8. The lowest BCUT2D eigenvalue weighted by molar-refractivity contribution is -0.142. The van der Waals surface area contributed by atoms with Crippen LogP contribution >= 0.6 is 0 Å². The topological polar surface area (TPSA) is 52.6 Å². The maximum Gasteiger partial charge on any atom is 0.334 e. The van der Waals surface area contributed by atoms with Crippen LogP contribution in [0.15, 0.2) is 11.1 Å². The molecule has 4 heteroatoms. The van der Waals surface area contributed by atoms with Gasteiger partial charge >= 0.3 is 11.9 Å². The predicted octanol–water partition coefficient (Wildman–Crippen LogP) is 2.37. The highest BCUT2D eigenvalue weighted by Gasteiger charge is 2.25. The fraction of sp³-hybridized carbons (Fsp3) is 0.692. The molecule has 0 unspecified atom stereocenters. The lowest BCUT2D eigenvalue weighted by Gasteiger charge is -2.18. The van der Waals surface area contributed by atoms with E-state index in [1.165, 1.54) is 0 Å². The van der Waals surface area contributed by atoms with Crippen LogP contribution in [0.4, 0.5) is 0 Å². The molecule has 0 spiro atoms. The third-order valence-electron chi connectivity index (χ3n) is 2.67. The van der Waals surface area contributed by atoms with Gasteiger partial charge in [-0.1, -0.05) is 6.92 Å². The molecule has 0 amide bonds. The fourth-order valence-corrected chi connectivity index (χ4v) is 1.86. The van der Waals surface area contributed by atoms with E-state index in [2.05, 4.69) is 0 Å². The molecule has 17 heavy (non-hydrogen) atoms. The summed E-state index contributed by atoms with van der Waals surface area (Å²) in [5, 5.41) is 0. The molecule has 0 aliphatic heterocycles. The second-order valence-corrected chi connectivity index (χ2v) is 4.02. The van der Waals surface area contributed by atoms with Crippen LogP contribution in [0.2, 0.25) is 0 Å². The molecule has 0 saturated carbocycles. The Hall–Kier alpha value is -1.32. The van der Waals surface area contributed by atoms with Crippen molar-refractivity contribution in [2.75, 3.05) is 13.2 Å². The van der Waals surface area contributed by atoms with Crippen molar-refractivity contribution in [3.63, 3.8) is 0 Å². The third-order valence-corrected chi connectivity index (χ3v) is 2.67. The molecule has 0 N–H and O–H groups in total. The number of esters is 2. The van der Waals surface area contributed by atoms with Crippen LogP contribution < -0.4 is 0 Å². The van der Waals surface area contributed by atoms with Crippen LogP contribution in [0, 0.1) is 0 Å². The highest BCUT2D eigenvalue weighted by molar-refractivity contribution is 6.00. The summed E-state index contributed by atoms with van der Waals surface area (Å²) in [4.78, 5) is 23.5. The molecule has 0 bridgehead atoms. The van der Waals surface area contributed by atoms with Crippen molar-refractivity contribution >= 4 is 11.9 Å². The summed E-state index contributed by atoms with van der Waals surface area (Å²) in [6.45, 7) is 4.43. The molecule has 0 saturated heterocycles. The number of rotatable bonds is 5. The van der Waals surface area contributed by atoms with Crippen LogP contribution in [0.1, 0.15) is 46.0 Å². The summed E-state index contributed by atoms with van der Waals surface area (Å²) in [6.07, 6.45) is 3.89. The summed E-state index contributed by atoms with van der Waals surface area (Å²) < 4.78 is 10.0. The first kappa shape index (κ1) is 13.7. The molecule has 0 atom stereocenters. The van der Waals surface area contributed by atoms with Gasteiger partial charge in [-0.15, -0.1) is 0 Å². The molecule has 1 aliphatic carbocycles. The molecule has 0 aromatic carbocycles. The van der Waals surface area contributed by atoms with E-state index >= 15 is 0 Å². The highest BCUT2D eigenvalue weighted by atomic mass is 16.5. The summed E-state index contributed by atoms with van der Waals surface area (Å²) in [6, 6.07) is 0. The molecule has 0 radical (unpaired) electrons. The van der Waals surface area contributed by atoms with Crippen molar-refractivity contribution < 1.29 is 19.1 Å². The Morgan fingerprint density at radius 2 is 1.53 bits per heavy atom. The fourth-order valence-electron chi connectivity index (χ4n) is 1.86. The Bertz CT molecular complexity index is 317. The average Bonchev–Trinajstić information content (AvgIpc) is 2.36. The van der Waals surface area contributed by atoms with Crippen molar-refractivity contribution in [2.45, 2.75) is 46.0 Å². The average molecular weight is 240 g/mol. The van der Waals surface area contributed by atoms with Crippen molar-refractivity contribution in [1.29, 1.82) is 0 Å². The number of hydrogen-bond acceptors (Lipinski definition) is 4. The molecule has 4 nitrogen and oxygen atoms in total. The standard InChI is InChI=1S/C13H20O4/c1-3-9-17-13(15)11-8-6-5-7-10(11)12(14)16-4-2/h3-9H2,1-2H3. The molecular weight excluding hydrogens is 220 g/mol.